The normalized spacial score (nSPS) is 19.2. The van der Waals surface area contributed by atoms with Gasteiger partial charge < -0.3 is 10.6 Å². The lowest BCUT2D eigenvalue weighted by Gasteiger charge is -2.18. The molecule has 112 valence electrons. The van der Waals surface area contributed by atoms with Crippen molar-refractivity contribution in [1.29, 1.82) is 0 Å². The number of nitrogens with one attached hydrogen (secondary N) is 2. The third-order valence-electron chi connectivity index (χ3n) is 3.34. The molecule has 20 heavy (non-hydrogen) atoms. The maximum absolute atomic E-state index is 12.0. The van der Waals surface area contributed by atoms with Crippen LogP contribution in [0.15, 0.2) is 18.2 Å². The molecule has 0 aliphatic carbocycles. The lowest BCUT2D eigenvalue weighted by Crippen LogP contribution is -2.44. The minimum absolute atomic E-state index is 0. The molecule has 1 amide bonds. The maximum atomic E-state index is 12.0. The fraction of sp³-hybridized carbons (Fsp3) is 0.500. The van der Waals surface area contributed by atoms with Gasteiger partial charge in [-0.25, -0.2) is 0 Å². The van der Waals surface area contributed by atoms with Crippen LogP contribution in [-0.2, 0) is 11.2 Å². The Bertz CT molecular complexity index is 441. The van der Waals surface area contributed by atoms with Crippen molar-refractivity contribution < 1.29 is 4.79 Å². The highest BCUT2D eigenvalue weighted by Gasteiger charge is 2.23. The van der Waals surface area contributed by atoms with E-state index in [-0.39, 0.29) is 30.4 Å². The highest BCUT2D eigenvalue weighted by atomic mass is 35.5. The van der Waals surface area contributed by atoms with E-state index in [4.69, 9.17) is 23.2 Å². The van der Waals surface area contributed by atoms with Crippen LogP contribution in [0.1, 0.15) is 25.3 Å². The van der Waals surface area contributed by atoms with E-state index < -0.39 is 0 Å². The summed E-state index contributed by atoms with van der Waals surface area (Å²) in [6.45, 7) is 2.88. The van der Waals surface area contributed by atoms with Gasteiger partial charge in [-0.15, -0.1) is 12.4 Å². The van der Waals surface area contributed by atoms with Crippen molar-refractivity contribution in [2.45, 2.75) is 38.3 Å². The van der Waals surface area contributed by atoms with Crippen molar-refractivity contribution in [2.75, 3.05) is 6.54 Å². The number of rotatable bonds is 4. The van der Waals surface area contributed by atoms with Crippen LogP contribution in [0.2, 0.25) is 10.0 Å². The van der Waals surface area contributed by atoms with Crippen LogP contribution in [0.5, 0.6) is 0 Å². The molecule has 0 saturated carbocycles. The standard InChI is InChI=1S/C14H18Cl2N2O.ClH/c1-9(18-14(19)13-6-3-7-17-13)8-10-11(15)4-2-5-12(10)16;/h2,4-5,9,13,17H,3,6-8H2,1H3,(H,18,19);1H. The molecule has 1 aliphatic rings. The van der Waals surface area contributed by atoms with Crippen LogP contribution in [0.4, 0.5) is 0 Å². The highest BCUT2D eigenvalue weighted by Crippen LogP contribution is 2.25. The van der Waals surface area contributed by atoms with Crippen LogP contribution in [-0.4, -0.2) is 24.5 Å². The van der Waals surface area contributed by atoms with Gasteiger partial charge in [0.25, 0.3) is 0 Å². The first-order chi connectivity index (χ1) is 9.08. The predicted molar refractivity (Wildman–Crippen MR) is 86.0 cm³/mol. The molecule has 1 aliphatic heterocycles. The van der Waals surface area contributed by atoms with Gasteiger partial charge in [0.05, 0.1) is 6.04 Å². The molecule has 1 heterocycles. The molecule has 1 fully saturated rings. The monoisotopic (exact) mass is 336 g/mol. The van der Waals surface area contributed by atoms with E-state index in [0.29, 0.717) is 16.5 Å². The van der Waals surface area contributed by atoms with Crippen LogP contribution in [0.25, 0.3) is 0 Å². The van der Waals surface area contributed by atoms with Crippen molar-refractivity contribution in [1.82, 2.24) is 10.6 Å². The molecular weight excluding hydrogens is 319 g/mol. The van der Waals surface area contributed by atoms with Crippen LogP contribution >= 0.6 is 35.6 Å². The summed E-state index contributed by atoms with van der Waals surface area (Å²) in [7, 11) is 0. The number of benzene rings is 1. The summed E-state index contributed by atoms with van der Waals surface area (Å²) in [4.78, 5) is 12.0. The molecule has 2 N–H and O–H groups in total. The Hall–Kier alpha value is -0.480. The average molecular weight is 338 g/mol. The first-order valence-corrected chi connectivity index (χ1v) is 7.30. The van der Waals surface area contributed by atoms with Gasteiger partial charge in [0, 0.05) is 16.1 Å². The first kappa shape index (κ1) is 17.6. The van der Waals surface area contributed by atoms with Gasteiger partial charge in [-0.3, -0.25) is 4.79 Å². The number of hydrogen-bond acceptors (Lipinski definition) is 2. The Labute approximate surface area is 135 Å². The van der Waals surface area contributed by atoms with E-state index in [1.54, 1.807) is 0 Å². The molecule has 1 saturated heterocycles. The fourth-order valence-corrected chi connectivity index (χ4v) is 2.89. The molecule has 6 heteroatoms. The Morgan fingerprint density at radius 3 is 2.65 bits per heavy atom. The summed E-state index contributed by atoms with van der Waals surface area (Å²) < 4.78 is 0. The molecule has 0 aromatic heterocycles. The summed E-state index contributed by atoms with van der Waals surface area (Å²) in [5.74, 6) is 0.0631. The number of halogens is 3. The van der Waals surface area contributed by atoms with Crippen LogP contribution in [0.3, 0.4) is 0 Å². The van der Waals surface area contributed by atoms with Gasteiger partial charge in [-0.2, -0.15) is 0 Å². The molecule has 2 rings (SSSR count). The molecule has 1 aromatic carbocycles. The third kappa shape index (κ3) is 4.52. The minimum atomic E-state index is -0.0517. The largest absolute Gasteiger partial charge is 0.352 e. The number of carbonyl (C=O) groups excluding carboxylic acids is 1. The molecule has 0 radical (unpaired) electrons. The molecule has 0 spiro atoms. The van der Waals surface area contributed by atoms with E-state index in [0.717, 1.165) is 24.9 Å². The van der Waals surface area contributed by atoms with E-state index in [9.17, 15) is 4.79 Å². The summed E-state index contributed by atoms with van der Waals surface area (Å²) in [6, 6.07) is 5.40. The Balaban J connectivity index is 0.00000200. The minimum Gasteiger partial charge on any atom is -0.352 e. The Kier molecular flexibility index (Phi) is 7.10. The summed E-state index contributed by atoms with van der Waals surface area (Å²) in [5.41, 5.74) is 0.887. The van der Waals surface area contributed by atoms with Gasteiger partial charge in [-0.05, 0) is 50.4 Å². The van der Waals surface area contributed by atoms with Crippen LogP contribution < -0.4 is 10.6 Å². The van der Waals surface area contributed by atoms with Crippen LogP contribution in [0, 0.1) is 0 Å². The molecule has 0 bridgehead atoms. The summed E-state index contributed by atoms with van der Waals surface area (Å²) in [6.07, 6.45) is 2.60. The van der Waals surface area contributed by atoms with Gasteiger partial charge in [-0.1, -0.05) is 29.3 Å². The van der Waals surface area contributed by atoms with Gasteiger partial charge in [0.2, 0.25) is 5.91 Å². The van der Waals surface area contributed by atoms with Gasteiger partial charge in [0.15, 0.2) is 0 Å². The zero-order chi connectivity index (χ0) is 13.8. The molecule has 3 nitrogen and oxygen atoms in total. The van der Waals surface area contributed by atoms with E-state index in [1.807, 2.05) is 25.1 Å². The molecule has 2 atom stereocenters. The van der Waals surface area contributed by atoms with E-state index >= 15 is 0 Å². The lowest BCUT2D eigenvalue weighted by atomic mass is 10.1. The SMILES string of the molecule is CC(Cc1c(Cl)cccc1Cl)NC(=O)C1CCCN1.Cl. The van der Waals surface area contributed by atoms with Crippen molar-refractivity contribution in [3.05, 3.63) is 33.8 Å². The third-order valence-corrected chi connectivity index (χ3v) is 4.05. The van der Waals surface area contributed by atoms with Gasteiger partial charge in [0.1, 0.15) is 0 Å². The van der Waals surface area contributed by atoms with Crippen molar-refractivity contribution in [2.24, 2.45) is 0 Å². The maximum Gasteiger partial charge on any atom is 0.237 e. The van der Waals surface area contributed by atoms with E-state index in [2.05, 4.69) is 10.6 Å². The zero-order valence-corrected chi connectivity index (χ0v) is 13.6. The smallest absolute Gasteiger partial charge is 0.237 e. The average Bonchev–Trinajstić information content (AvgIpc) is 2.88. The summed E-state index contributed by atoms with van der Waals surface area (Å²) >= 11 is 12.3. The Morgan fingerprint density at radius 1 is 1.45 bits per heavy atom. The quantitative estimate of drug-likeness (QED) is 0.886. The second-order valence-corrected chi connectivity index (χ2v) is 5.78. The van der Waals surface area contributed by atoms with Crippen molar-refractivity contribution in [3.63, 3.8) is 0 Å². The molecule has 2 unspecified atom stereocenters. The second-order valence-electron chi connectivity index (χ2n) is 4.96. The zero-order valence-electron chi connectivity index (χ0n) is 11.3. The fourth-order valence-electron chi connectivity index (χ4n) is 2.34. The lowest BCUT2D eigenvalue weighted by molar-refractivity contribution is -0.123. The second kappa shape index (κ2) is 8.08. The predicted octanol–water partition coefficient (Wildman–Crippen LogP) is 3.21. The van der Waals surface area contributed by atoms with E-state index in [1.165, 1.54) is 0 Å². The first-order valence-electron chi connectivity index (χ1n) is 6.54. The highest BCUT2D eigenvalue weighted by molar-refractivity contribution is 6.36. The van der Waals surface area contributed by atoms with Gasteiger partial charge >= 0.3 is 0 Å². The topological polar surface area (TPSA) is 41.1 Å². The Morgan fingerprint density at radius 2 is 2.10 bits per heavy atom. The molecule has 1 aromatic rings. The van der Waals surface area contributed by atoms with Crippen molar-refractivity contribution in [3.8, 4) is 0 Å². The number of hydrogen-bond donors (Lipinski definition) is 2. The van der Waals surface area contributed by atoms with Crippen molar-refractivity contribution >= 4 is 41.5 Å². The molecular formula is C14H19Cl3N2O. The number of carbonyl (C=O) groups is 1. The number of amides is 1. The summed E-state index contributed by atoms with van der Waals surface area (Å²) in [5, 5.41) is 7.48.